The molecule has 0 spiro atoms. The second-order valence-electron chi connectivity index (χ2n) is 5.55. The number of nitrogens with one attached hydrogen (secondary N) is 1. The van der Waals surface area contributed by atoms with Crippen LogP contribution >= 0.6 is 0 Å². The molecule has 0 aromatic heterocycles. The van der Waals surface area contributed by atoms with E-state index < -0.39 is 0 Å². The maximum absolute atomic E-state index is 3.51. The van der Waals surface area contributed by atoms with Crippen LogP contribution in [-0.4, -0.2) is 44.2 Å². The molecule has 0 aliphatic carbocycles. The summed E-state index contributed by atoms with van der Waals surface area (Å²) in [5, 5.41) is 3.51. The first kappa shape index (κ1) is 15.2. The number of rotatable bonds is 7. The molecular weight excluding hydrogens is 246 g/mol. The quantitative estimate of drug-likeness (QED) is 0.822. The van der Waals surface area contributed by atoms with Crippen molar-refractivity contribution in [3.8, 4) is 0 Å². The molecule has 112 valence electrons. The smallest absolute Gasteiger partial charge is 0.0367 e. The monoisotopic (exact) mass is 275 g/mol. The SMILES string of the molecule is CCN(CC)CCNc1ccc(N2CCCCC2)cc1. The second kappa shape index (κ2) is 8.15. The van der Waals surface area contributed by atoms with Crippen LogP contribution in [0.4, 0.5) is 11.4 Å². The highest BCUT2D eigenvalue weighted by molar-refractivity contribution is 5.55. The Balaban J connectivity index is 1.79. The first-order valence-electron chi connectivity index (χ1n) is 8.14. The van der Waals surface area contributed by atoms with Gasteiger partial charge in [-0.2, -0.15) is 0 Å². The van der Waals surface area contributed by atoms with Crippen molar-refractivity contribution >= 4 is 11.4 Å². The van der Waals surface area contributed by atoms with Gasteiger partial charge in [0.2, 0.25) is 0 Å². The van der Waals surface area contributed by atoms with Crippen LogP contribution in [0.5, 0.6) is 0 Å². The molecule has 1 aromatic carbocycles. The van der Waals surface area contributed by atoms with E-state index in [0.717, 1.165) is 26.2 Å². The molecule has 3 nitrogen and oxygen atoms in total. The number of piperidine rings is 1. The Morgan fingerprint density at radius 1 is 1.00 bits per heavy atom. The van der Waals surface area contributed by atoms with E-state index in [9.17, 15) is 0 Å². The van der Waals surface area contributed by atoms with Crippen LogP contribution < -0.4 is 10.2 Å². The molecule has 0 saturated carbocycles. The van der Waals surface area contributed by atoms with Crippen molar-refractivity contribution in [1.29, 1.82) is 0 Å². The number of likely N-dealkylation sites (N-methyl/N-ethyl adjacent to an activating group) is 1. The van der Waals surface area contributed by atoms with Gasteiger partial charge in [0, 0.05) is 37.6 Å². The van der Waals surface area contributed by atoms with Gasteiger partial charge in [0.05, 0.1) is 0 Å². The van der Waals surface area contributed by atoms with Crippen LogP contribution in [0.3, 0.4) is 0 Å². The molecule has 1 aliphatic heterocycles. The van der Waals surface area contributed by atoms with E-state index in [1.165, 1.54) is 43.7 Å². The van der Waals surface area contributed by atoms with Crippen LogP contribution in [-0.2, 0) is 0 Å². The number of hydrogen-bond donors (Lipinski definition) is 1. The molecule has 1 fully saturated rings. The zero-order valence-corrected chi connectivity index (χ0v) is 13.1. The lowest BCUT2D eigenvalue weighted by molar-refractivity contribution is 0.316. The van der Waals surface area contributed by atoms with E-state index in [4.69, 9.17) is 0 Å². The summed E-state index contributed by atoms with van der Waals surface area (Å²) in [6.07, 6.45) is 4.06. The first-order valence-corrected chi connectivity index (χ1v) is 8.14. The molecule has 0 unspecified atom stereocenters. The van der Waals surface area contributed by atoms with Gasteiger partial charge in [-0.3, -0.25) is 0 Å². The summed E-state index contributed by atoms with van der Waals surface area (Å²) >= 11 is 0. The zero-order valence-electron chi connectivity index (χ0n) is 13.1. The molecule has 2 rings (SSSR count). The molecule has 3 heteroatoms. The molecule has 1 heterocycles. The third-order valence-electron chi connectivity index (χ3n) is 4.24. The summed E-state index contributed by atoms with van der Waals surface area (Å²) in [5.74, 6) is 0. The average molecular weight is 275 g/mol. The fraction of sp³-hybridized carbons (Fsp3) is 0.647. The molecule has 0 amide bonds. The fourth-order valence-corrected chi connectivity index (χ4v) is 2.84. The van der Waals surface area contributed by atoms with E-state index in [2.05, 4.69) is 53.2 Å². The highest BCUT2D eigenvalue weighted by atomic mass is 15.1. The molecule has 1 N–H and O–H groups in total. The molecule has 20 heavy (non-hydrogen) atoms. The molecular formula is C17H29N3. The molecule has 1 saturated heterocycles. The number of anilines is 2. The van der Waals surface area contributed by atoms with Crippen LogP contribution in [0, 0.1) is 0 Å². The van der Waals surface area contributed by atoms with Crippen LogP contribution in [0.1, 0.15) is 33.1 Å². The lowest BCUT2D eigenvalue weighted by Crippen LogP contribution is -2.29. The number of nitrogens with zero attached hydrogens (tertiary/aromatic N) is 2. The van der Waals surface area contributed by atoms with Gasteiger partial charge in [-0.1, -0.05) is 13.8 Å². The summed E-state index contributed by atoms with van der Waals surface area (Å²) in [7, 11) is 0. The minimum absolute atomic E-state index is 1.02. The van der Waals surface area contributed by atoms with Gasteiger partial charge in [-0.15, -0.1) is 0 Å². The predicted molar refractivity (Wildman–Crippen MR) is 88.8 cm³/mol. The van der Waals surface area contributed by atoms with Crippen molar-refractivity contribution in [2.24, 2.45) is 0 Å². The second-order valence-corrected chi connectivity index (χ2v) is 5.55. The van der Waals surface area contributed by atoms with Crippen molar-refractivity contribution in [3.63, 3.8) is 0 Å². The van der Waals surface area contributed by atoms with Gasteiger partial charge in [-0.05, 0) is 56.6 Å². The lowest BCUT2D eigenvalue weighted by atomic mass is 10.1. The van der Waals surface area contributed by atoms with Gasteiger partial charge in [0.1, 0.15) is 0 Å². The highest BCUT2D eigenvalue weighted by Gasteiger charge is 2.10. The van der Waals surface area contributed by atoms with E-state index in [0.29, 0.717) is 0 Å². The maximum Gasteiger partial charge on any atom is 0.0367 e. The molecule has 0 radical (unpaired) electrons. The van der Waals surface area contributed by atoms with Crippen molar-refractivity contribution in [2.45, 2.75) is 33.1 Å². The zero-order chi connectivity index (χ0) is 14.2. The summed E-state index contributed by atoms with van der Waals surface area (Å²) in [6, 6.07) is 8.94. The van der Waals surface area contributed by atoms with Gasteiger partial charge >= 0.3 is 0 Å². The number of benzene rings is 1. The van der Waals surface area contributed by atoms with Gasteiger partial charge < -0.3 is 15.1 Å². The van der Waals surface area contributed by atoms with Crippen molar-refractivity contribution in [2.75, 3.05) is 49.5 Å². The van der Waals surface area contributed by atoms with Crippen molar-refractivity contribution in [1.82, 2.24) is 4.90 Å². The van der Waals surface area contributed by atoms with Crippen molar-refractivity contribution in [3.05, 3.63) is 24.3 Å². The number of hydrogen-bond acceptors (Lipinski definition) is 3. The van der Waals surface area contributed by atoms with Gasteiger partial charge in [-0.25, -0.2) is 0 Å². The molecule has 1 aliphatic rings. The third kappa shape index (κ3) is 4.41. The third-order valence-corrected chi connectivity index (χ3v) is 4.24. The van der Waals surface area contributed by atoms with Crippen LogP contribution in [0.25, 0.3) is 0 Å². The normalized spacial score (nSPS) is 15.7. The average Bonchev–Trinajstić information content (AvgIpc) is 2.53. The Labute approximate surface area is 124 Å². The minimum Gasteiger partial charge on any atom is -0.384 e. The van der Waals surface area contributed by atoms with Crippen LogP contribution in [0.2, 0.25) is 0 Å². The summed E-state index contributed by atoms with van der Waals surface area (Å²) in [5.41, 5.74) is 2.61. The topological polar surface area (TPSA) is 18.5 Å². The van der Waals surface area contributed by atoms with E-state index in [1.807, 2.05) is 0 Å². The van der Waals surface area contributed by atoms with Crippen molar-refractivity contribution < 1.29 is 0 Å². The van der Waals surface area contributed by atoms with E-state index in [-0.39, 0.29) is 0 Å². The largest absolute Gasteiger partial charge is 0.384 e. The molecule has 0 atom stereocenters. The maximum atomic E-state index is 3.51. The minimum atomic E-state index is 1.02. The summed E-state index contributed by atoms with van der Waals surface area (Å²) in [4.78, 5) is 4.94. The Morgan fingerprint density at radius 2 is 1.65 bits per heavy atom. The van der Waals surface area contributed by atoms with Crippen LogP contribution in [0.15, 0.2) is 24.3 Å². The fourth-order valence-electron chi connectivity index (χ4n) is 2.84. The predicted octanol–water partition coefficient (Wildman–Crippen LogP) is 3.43. The van der Waals surface area contributed by atoms with E-state index in [1.54, 1.807) is 0 Å². The summed E-state index contributed by atoms with van der Waals surface area (Å²) in [6.45, 7) is 11.3. The lowest BCUT2D eigenvalue weighted by Gasteiger charge is -2.29. The van der Waals surface area contributed by atoms with Gasteiger partial charge in [0.15, 0.2) is 0 Å². The molecule has 1 aromatic rings. The Morgan fingerprint density at radius 3 is 2.25 bits per heavy atom. The Bertz CT molecular complexity index is 364. The Kier molecular flexibility index (Phi) is 6.19. The summed E-state index contributed by atoms with van der Waals surface area (Å²) < 4.78 is 0. The standard InChI is InChI=1S/C17H29N3/c1-3-19(4-2)15-12-18-16-8-10-17(11-9-16)20-13-6-5-7-14-20/h8-11,18H,3-7,12-15H2,1-2H3. The highest BCUT2D eigenvalue weighted by Crippen LogP contribution is 2.21. The van der Waals surface area contributed by atoms with Gasteiger partial charge in [0.25, 0.3) is 0 Å². The molecule has 0 bridgehead atoms. The first-order chi connectivity index (χ1) is 9.83. The van der Waals surface area contributed by atoms with E-state index >= 15 is 0 Å². The Hall–Kier alpha value is -1.22.